The van der Waals surface area contributed by atoms with Crippen molar-refractivity contribution in [1.82, 2.24) is 4.98 Å². The molecular formula is C25H19ClN2O4. The molecule has 6 nitrogen and oxygen atoms in total. The predicted octanol–water partition coefficient (Wildman–Crippen LogP) is 4.93. The van der Waals surface area contributed by atoms with Crippen molar-refractivity contribution >= 4 is 34.9 Å². The molecule has 1 N–H and O–H groups in total. The Labute approximate surface area is 190 Å². The highest BCUT2D eigenvalue weighted by molar-refractivity contribution is 6.51. The second-order valence-electron chi connectivity index (χ2n) is 7.04. The van der Waals surface area contributed by atoms with Crippen LogP contribution in [0, 0.1) is 0 Å². The van der Waals surface area contributed by atoms with Gasteiger partial charge in [-0.2, -0.15) is 0 Å². The Bertz CT molecular complexity index is 1210. The molecule has 3 aromatic rings. The molecule has 32 heavy (non-hydrogen) atoms. The van der Waals surface area contributed by atoms with Gasteiger partial charge >= 0.3 is 5.91 Å². The quantitative estimate of drug-likeness (QED) is 0.251. The van der Waals surface area contributed by atoms with Gasteiger partial charge in [-0.05, 0) is 54.1 Å². The third kappa shape index (κ3) is 4.00. The number of aliphatic hydroxyl groups is 1. The second kappa shape index (κ2) is 9.08. The first-order valence-electron chi connectivity index (χ1n) is 9.83. The van der Waals surface area contributed by atoms with Crippen LogP contribution in [0.2, 0.25) is 5.02 Å². The Morgan fingerprint density at radius 2 is 1.91 bits per heavy atom. The van der Waals surface area contributed by atoms with Gasteiger partial charge in [-0.15, -0.1) is 0 Å². The lowest BCUT2D eigenvalue weighted by atomic mass is 9.95. The molecule has 160 valence electrons. The van der Waals surface area contributed by atoms with E-state index in [-0.39, 0.29) is 11.3 Å². The molecule has 1 fully saturated rings. The molecule has 0 bridgehead atoms. The van der Waals surface area contributed by atoms with Gasteiger partial charge in [0.05, 0.1) is 11.6 Å². The molecule has 7 heteroatoms. The first-order valence-corrected chi connectivity index (χ1v) is 10.2. The van der Waals surface area contributed by atoms with E-state index in [0.29, 0.717) is 34.3 Å². The number of ketones is 1. The van der Waals surface area contributed by atoms with Crippen molar-refractivity contribution in [3.63, 3.8) is 0 Å². The predicted molar refractivity (Wildman–Crippen MR) is 123 cm³/mol. The molecule has 2 heterocycles. The number of amides is 1. The molecule has 1 aliphatic heterocycles. The number of carbonyl (C=O) groups excluding carboxylic acids is 2. The number of ether oxygens (including phenoxy) is 1. The lowest BCUT2D eigenvalue weighted by molar-refractivity contribution is -0.132. The Kier molecular flexibility index (Phi) is 6.05. The molecule has 0 saturated carbocycles. The van der Waals surface area contributed by atoms with E-state index in [2.05, 4.69) is 11.6 Å². The zero-order valence-corrected chi connectivity index (χ0v) is 17.7. The molecule has 1 amide bonds. The minimum Gasteiger partial charge on any atom is -0.507 e. The van der Waals surface area contributed by atoms with Crippen LogP contribution in [0.5, 0.6) is 5.75 Å². The molecule has 0 aliphatic carbocycles. The Balaban J connectivity index is 1.85. The molecule has 1 aromatic heterocycles. The minimum atomic E-state index is -0.889. The van der Waals surface area contributed by atoms with Crippen LogP contribution in [0.15, 0.2) is 91.2 Å². The van der Waals surface area contributed by atoms with E-state index >= 15 is 0 Å². The molecule has 0 unspecified atom stereocenters. The minimum absolute atomic E-state index is 0.0392. The van der Waals surface area contributed by atoms with Crippen molar-refractivity contribution < 1.29 is 19.4 Å². The van der Waals surface area contributed by atoms with Crippen molar-refractivity contribution in [2.45, 2.75) is 6.04 Å². The number of rotatable bonds is 6. The van der Waals surface area contributed by atoms with E-state index in [1.54, 1.807) is 72.8 Å². The average molecular weight is 447 g/mol. The van der Waals surface area contributed by atoms with Crippen LogP contribution in [0.4, 0.5) is 5.82 Å². The fourth-order valence-corrected chi connectivity index (χ4v) is 3.78. The summed E-state index contributed by atoms with van der Waals surface area (Å²) in [4.78, 5) is 31.6. The summed E-state index contributed by atoms with van der Waals surface area (Å²) in [5, 5.41) is 11.6. The largest absolute Gasteiger partial charge is 0.507 e. The molecule has 4 rings (SSSR count). The standard InChI is InChI=1S/C25H19ClN2O4/c1-2-14-32-19-11-9-16(10-12-19)23(29)21-22(17-6-5-7-18(26)15-17)28(25(31)24(21)30)20-8-3-4-13-27-20/h2-13,15,22,29H,1,14H2/b23-21+/t22-/m0/s1. The number of hydrogen-bond donors (Lipinski definition) is 1. The summed E-state index contributed by atoms with van der Waals surface area (Å²) in [5.74, 6) is -0.984. The van der Waals surface area contributed by atoms with Crippen LogP contribution >= 0.6 is 11.6 Å². The van der Waals surface area contributed by atoms with Gasteiger partial charge in [0, 0.05) is 16.8 Å². The summed E-state index contributed by atoms with van der Waals surface area (Å²) in [7, 11) is 0. The van der Waals surface area contributed by atoms with Gasteiger partial charge in [-0.3, -0.25) is 14.5 Å². The summed E-state index contributed by atoms with van der Waals surface area (Å²) in [5.41, 5.74) is 0.916. The molecule has 1 saturated heterocycles. The fourth-order valence-electron chi connectivity index (χ4n) is 3.58. The topological polar surface area (TPSA) is 79.7 Å². The van der Waals surface area contributed by atoms with Crippen LogP contribution in [0.3, 0.4) is 0 Å². The number of pyridine rings is 1. The van der Waals surface area contributed by atoms with Crippen LogP contribution in [-0.4, -0.2) is 28.4 Å². The normalized spacial score (nSPS) is 17.4. The van der Waals surface area contributed by atoms with Crippen molar-refractivity contribution in [2.24, 2.45) is 0 Å². The first kappa shape index (κ1) is 21.3. The third-order valence-electron chi connectivity index (χ3n) is 5.00. The van der Waals surface area contributed by atoms with E-state index in [1.165, 1.54) is 11.1 Å². The zero-order valence-electron chi connectivity index (χ0n) is 16.9. The molecule has 1 atom stereocenters. The number of aromatic nitrogens is 1. The van der Waals surface area contributed by atoms with Crippen molar-refractivity contribution in [2.75, 3.05) is 11.5 Å². The van der Waals surface area contributed by atoms with Crippen molar-refractivity contribution in [1.29, 1.82) is 0 Å². The zero-order chi connectivity index (χ0) is 22.7. The molecule has 0 spiro atoms. The van der Waals surface area contributed by atoms with Gasteiger partial charge in [0.15, 0.2) is 0 Å². The van der Waals surface area contributed by atoms with Gasteiger partial charge in [0.2, 0.25) is 0 Å². The summed E-state index contributed by atoms with van der Waals surface area (Å²) < 4.78 is 5.46. The lowest BCUT2D eigenvalue weighted by Gasteiger charge is -2.24. The highest BCUT2D eigenvalue weighted by atomic mass is 35.5. The molecule has 2 aromatic carbocycles. The van der Waals surface area contributed by atoms with Crippen molar-refractivity contribution in [3.8, 4) is 5.75 Å². The number of aliphatic hydroxyl groups excluding tert-OH is 1. The lowest BCUT2D eigenvalue weighted by Crippen LogP contribution is -2.30. The fraction of sp³-hybridized carbons (Fsp3) is 0.0800. The van der Waals surface area contributed by atoms with E-state index in [9.17, 15) is 14.7 Å². The smallest absolute Gasteiger partial charge is 0.301 e. The summed E-state index contributed by atoms with van der Waals surface area (Å²) >= 11 is 6.19. The molecular weight excluding hydrogens is 428 g/mol. The van der Waals surface area contributed by atoms with E-state index in [0.717, 1.165) is 0 Å². The average Bonchev–Trinajstić information content (AvgIpc) is 3.08. The molecule has 1 aliphatic rings. The number of anilines is 1. The first-order chi connectivity index (χ1) is 15.5. The summed E-state index contributed by atoms with van der Waals surface area (Å²) in [6.45, 7) is 3.95. The maximum absolute atomic E-state index is 13.1. The van der Waals surface area contributed by atoms with Crippen LogP contribution in [-0.2, 0) is 9.59 Å². The number of halogens is 1. The number of benzene rings is 2. The summed E-state index contributed by atoms with van der Waals surface area (Å²) in [6, 6.07) is 17.6. The number of hydrogen-bond acceptors (Lipinski definition) is 5. The van der Waals surface area contributed by atoms with Crippen LogP contribution < -0.4 is 9.64 Å². The van der Waals surface area contributed by atoms with Crippen LogP contribution in [0.25, 0.3) is 5.76 Å². The van der Waals surface area contributed by atoms with Gasteiger partial charge in [0.25, 0.3) is 5.78 Å². The maximum atomic E-state index is 13.1. The highest BCUT2D eigenvalue weighted by Gasteiger charge is 2.47. The Morgan fingerprint density at radius 3 is 2.56 bits per heavy atom. The van der Waals surface area contributed by atoms with Gasteiger partial charge in [-0.1, -0.05) is 42.5 Å². The maximum Gasteiger partial charge on any atom is 0.301 e. The van der Waals surface area contributed by atoms with E-state index in [4.69, 9.17) is 16.3 Å². The van der Waals surface area contributed by atoms with E-state index in [1.807, 2.05) is 0 Å². The number of Topliss-reactive ketones (excluding diaryl/α,β-unsaturated/α-hetero) is 1. The highest BCUT2D eigenvalue weighted by Crippen LogP contribution is 2.42. The van der Waals surface area contributed by atoms with Crippen molar-refractivity contribution in [3.05, 3.63) is 107 Å². The van der Waals surface area contributed by atoms with Crippen LogP contribution in [0.1, 0.15) is 17.2 Å². The molecule has 0 radical (unpaired) electrons. The summed E-state index contributed by atoms with van der Waals surface area (Å²) in [6.07, 6.45) is 3.16. The number of nitrogens with zero attached hydrogens (tertiary/aromatic N) is 2. The third-order valence-corrected chi connectivity index (χ3v) is 5.24. The second-order valence-corrected chi connectivity index (χ2v) is 7.47. The SMILES string of the molecule is C=CCOc1ccc(/C(O)=C2\C(=O)C(=O)N(c3ccccn3)[C@H]2c2cccc(Cl)c2)cc1. The Morgan fingerprint density at radius 1 is 1.12 bits per heavy atom. The van der Waals surface area contributed by atoms with E-state index < -0.39 is 17.7 Å². The Hall–Kier alpha value is -3.90. The number of carbonyl (C=O) groups is 2. The van der Waals surface area contributed by atoms with Gasteiger partial charge in [0.1, 0.15) is 23.9 Å². The van der Waals surface area contributed by atoms with Gasteiger partial charge < -0.3 is 9.84 Å². The monoisotopic (exact) mass is 446 g/mol. The van der Waals surface area contributed by atoms with Gasteiger partial charge in [-0.25, -0.2) is 4.98 Å².